The topological polar surface area (TPSA) is 76.3 Å². The highest BCUT2D eigenvalue weighted by Crippen LogP contribution is 2.12. The molecule has 8 heteroatoms. The van der Waals surface area contributed by atoms with Gasteiger partial charge in [-0.05, 0) is 63.0 Å². The predicted octanol–water partition coefficient (Wildman–Crippen LogP) is 4.28. The number of urea groups is 1. The van der Waals surface area contributed by atoms with Crippen molar-refractivity contribution in [2.45, 2.75) is 52.6 Å². The molecule has 1 aromatic carbocycles. The van der Waals surface area contributed by atoms with Gasteiger partial charge in [0.25, 0.3) is 0 Å². The quantitative estimate of drug-likeness (QED) is 0.265. The van der Waals surface area contributed by atoms with Gasteiger partial charge in [0.2, 0.25) is 0 Å². The SMILES string of the molecule is CCCN(CCC)CCCCN(S)C(=O)Nc1ccc(CNCc2ncc[nH]2)cc1. The van der Waals surface area contributed by atoms with Crippen molar-refractivity contribution in [2.24, 2.45) is 0 Å². The molecule has 3 N–H and O–H groups in total. The molecule has 0 radical (unpaired) electrons. The minimum atomic E-state index is -0.194. The third-order valence-electron chi connectivity index (χ3n) is 4.79. The summed E-state index contributed by atoms with van der Waals surface area (Å²) in [5.74, 6) is 0.913. The highest BCUT2D eigenvalue weighted by molar-refractivity contribution is 7.78. The molecule has 7 nitrogen and oxygen atoms in total. The summed E-state index contributed by atoms with van der Waals surface area (Å²) in [5.41, 5.74) is 1.91. The average Bonchev–Trinajstić information content (AvgIpc) is 3.26. The zero-order valence-corrected chi connectivity index (χ0v) is 19.1. The lowest BCUT2D eigenvalue weighted by Crippen LogP contribution is -2.30. The molecule has 1 heterocycles. The number of benzene rings is 1. The first-order valence-corrected chi connectivity index (χ1v) is 11.3. The lowest BCUT2D eigenvalue weighted by molar-refractivity contribution is 0.236. The van der Waals surface area contributed by atoms with Crippen LogP contribution in [0.3, 0.4) is 0 Å². The Bertz CT molecular complexity index is 701. The molecule has 0 spiro atoms. The Hall–Kier alpha value is -2.03. The molecule has 30 heavy (non-hydrogen) atoms. The van der Waals surface area contributed by atoms with Crippen molar-refractivity contribution in [1.82, 2.24) is 24.5 Å². The van der Waals surface area contributed by atoms with Gasteiger partial charge in [0.05, 0.1) is 6.54 Å². The molecule has 1 aromatic heterocycles. The van der Waals surface area contributed by atoms with Crippen LogP contribution in [0, 0.1) is 0 Å². The minimum absolute atomic E-state index is 0.194. The van der Waals surface area contributed by atoms with Gasteiger partial charge in [0, 0.05) is 31.2 Å². The van der Waals surface area contributed by atoms with E-state index < -0.39 is 0 Å². The number of aromatic amines is 1. The highest BCUT2D eigenvalue weighted by atomic mass is 32.1. The van der Waals surface area contributed by atoms with Crippen LogP contribution >= 0.6 is 12.8 Å². The lowest BCUT2D eigenvalue weighted by Gasteiger charge is -2.21. The van der Waals surface area contributed by atoms with E-state index in [1.165, 1.54) is 17.1 Å². The van der Waals surface area contributed by atoms with Crippen LogP contribution in [0.1, 0.15) is 50.9 Å². The molecule has 0 aliphatic carbocycles. The first kappa shape index (κ1) is 24.2. The van der Waals surface area contributed by atoms with Crippen molar-refractivity contribution < 1.29 is 4.79 Å². The molecule has 2 aromatic rings. The second-order valence-corrected chi connectivity index (χ2v) is 7.92. The standard InChI is InChI=1S/C22H36N6OS/c1-3-13-27(14-4-2)15-5-6-16-28(30)22(29)26-20-9-7-19(8-10-20)17-23-18-21-24-11-12-25-21/h7-12,23,30H,3-6,13-18H2,1-2H3,(H,24,25)(H,26,29). The number of carbonyl (C=O) groups excluding carboxylic acids is 1. The maximum atomic E-state index is 12.3. The van der Waals surface area contributed by atoms with E-state index in [2.05, 4.69) is 52.2 Å². The van der Waals surface area contributed by atoms with E-state index in [1.807, 2.05) is 30.5 Å². The first-order valence-electron chi connectivity index (χ1n) is 10.9. The van der Waals surface area contributed by atoms with Gasteiger partial charge in [-0.3, -0.25) is 4.31 Å². The number of unbranched alkanes of at least 4 members (excludes halogenated alkanes) is 1. The van der Waals surface area contributed by atoms with Crippen molar-refractivity contribution in [1.29, 1.82) is 0 Å². The molecule has 0 atom stereocenters. The van der Waals surface area contributed by atoms with Gasteiger partial charge in [-0.25, -0.2) is 9.78 Å². The summed E-state index contributed by atoms with van der Waals surface area (Å²) >= 11 is 4.35. The zero-order valence-electron chi connectivity index (χ0n) is 18.2. The van der Waals surface area contributed by atoms with Gasteiger partial charge in [0.15, 0.2) is 0 Å². The smallest absolute Gasteiger partial charge is 0.331 e. The van der Waals surface area contributed by atoms with Crippen molar-refractivity contribution >= 4 is 24.5 Å². The Morgan fingerprint density at radius 1 is 1.03 bits per heavy atom. The Morgan fingerprint density at radius 3 is 2.37 bits per heavy atom. The van der Waals surface area contributed by atoms with Crippen LogP contribution in [0.25, 0.3) is 0 Å². The number of imidazole rings is 1. The minimum Gasteiger partial charge on any atom is -0.348 e. The first-order chi connectivity index (χ1) is 14.6. The van der Waals surface area contributed by atoms with Crippen molar-refractivity contribution in [2.75, 3.05) is 31.5 Å². The second-order valence-electron chi connectivity index (χ2n) is 7.44. The number of rotatable bonds is 14. The third kappa shape index (κ3) is 9.19. The molecule has 0 aliphatic rings. The average molecular weight is 433 g/mol. The Morgan fingerprint density at radius 2 is 1.73 bits per heavy atom. The van der Waals surface area contributed by atoms with Gasteiger partial charge < -0.3 is 20.5 Å². The molecule has 2 amide bonds. The molecule has 0 aliphatic heterocycles. The Labute approximate surface area is 186 Å². The molecule has 2 rings (SSSR count). The number of carbonyl (C=O) groups is 1. The summed E-state index contributed by atoms with van der Waals surface area (Å²) in [4.78, 5) is 22.1. The van der Waals surface area contributed by atoms with Gasteiger partial charge in [-0.15, -0.1) is 0 Å². The number of H-pyrrole nitrogens is 1. The van der Waals surface area contributed by atoms with Crippen molar-refractivity contribution in [3.8, 4) is 0 Å². The Balaban J connectivity index is 1.65. The fourth-order valence-electron chi connectivity index (χ4n) is 3.28. The van der Waals surface area contributed by atoms with Crippen LogP contribution in [0.4, 0.5) is 10.5 Å². The van der Waals surface area contributed by atoms with E-state index >= 15 is 0 Å². The van der Waals surface area contributed by atoms with E-state index in [1.54, 1.807) is 6.20 Å². The van der Waals surface area contributed by atoms with Gasteiger partial charge in [-0.2, -0.15) is 0 Å². The van der Waals surface area contributed by atoms with Crippen molar-refractivity contribution in [3.63, 3.8) is 0 Å². The normalized spacial score (nSPS) is 11.1. The summed E-state index contributed by atoms with van der Waals surface area (Å²) in [6, 6.07) is 7.64. The van der Waals surface area contributed by atoms with Gasteiger partial charge in [0.1, 0.15) is 5.82 Å². The summed E-state index contributed by atoms with van der Waals surface area (Å²) < 4.78 is 1.46. The zero-order chi connectivity index (χ0) is 21.6. The van der Waals surface area contributed by atoms with E-state index in [4.69, 9.17) is 0 Å². The monoisotopic (exact) mass is 432 g/mol. The van der Waals surface area contributed by atoms with E-state index in [9.17, 15) is 4.79 Å². The van der Waals surface area contributed by atoms with Crippen LogP contribution in [0.15, 0.2) is 36.7 Å². The largest absolute Gasteiger partial charge is 0.348 e. The second kappa shape index (κ2) is 14.1. The maximum absolute atomic E-state index is 12.3. The van der Waals surface area contributed by atoms with E-state index in [0.29, 0.717) is 13.1 Å². The fourth-order valence-corrected chi connectivity index (χ4v) is 3.47. The van der Waals surface area contributed by atoms with Gasteiger partial charge in [-0.1, -0.05) is 38.8 Å². The number of hydrogen-bond acceptors (Lipinski definition) is 5. The molecule has 0 saturated heterocycles. The molecule has 166 valence electrons. The molecule has 0 fully saturated rings. The number of nitrogens with one attached hydrogen (secondary N) is 3. The number of anilines is 1. The van der Waals surface area contributed by atoms with E-state index in [0.717, 1.165) is 56.1 Å². The van der Waals surface area contributed by atoms with Gasteiger partial charge >= 0.3 is 6.03 Å². The summed E-state index contributed by atoms with van der Waals surface area (Å²) in [5, 5.41) is 6.23. The highest BCUT2D eigenvalue weighted by Gasteiger charge is 2.10. The van der Waals surface area contributed by atoms with Crippen molar-refractivity contribution in [3.05, 3.63) is 48.0 Å². The maximum Gasteiger partial charge on any atom is 0.331 e. The van der Waals surface area contributed by atoms with Crippen LogP contribution < -0.4 is 10.6 Å². The summed E-state index contributed by atoms with van der Waals surface area (Å²) in [6.07, 6.45) is 7.94. The Kier molecular flexibility index (Phi) is 11.4. The third-order valence-corrected chi connectivity index (χ3v) is 5.17. The number of hydrogen-bond donors (Lipinski definition) is 4. The number of aromatic nitrogens is 2. The van der Waals surface area contributed by atoms with Crippen LogP contribution in [0.2, 0.25) is 0 Å². The van der Waals surface area contributed by atoms with Crippen LogP contribution in [-0.4, -0.2) is 51.4 Å². The molecular weight excluding hydrogens is 396 g/mol. The van der Waals surface area contributed by atoms with Crippen LogP contribution in [-0.2, 0) is 13.1 Å². The summed E-state index contributed by atoms with van der Waals surface area (Å²) in [6.45, 7) is 9.87. The molecule has 0 unspecified atom stereocenters. The molecule has 0 bridgehead atoms. The number of amides is 2. The molecule has 0 saturated carbocycles. The van der Waals surface area contributed by atoms with Crippen LogP contribution in [0.5, 0.6) is 0 Å². The predicted molar refractivity (Wildman–Crippen MR) is 127 cm³/mol. The van der Waals surface area contributed by atoms with E-state index in [-0.39, 0.29) is 6.03 Å². The number of nitrogens with zero attached hydrogens (tertiary/aromatic N) is 3. The summed E-state index contributed by atoms with van der Waals surface area (Å²) in [7, 11) is 0. The number of thiol groups is 1. The lowest BCUT2D eigenvalue weighted by atomic mass is 10.2. The molecular formula is C22H36N6OS. The fraction of sp³-hybridized carbons (Fsp3) is 0.545.